The zero-order chi connectivity index (χ0) is 15.4. The number of halogens is 2. The Labute approximate surface area is 138 Å². The highest BCUT2D eigenvalue weighted by Gasteiger charge is 2.13. The van der Waals surface area contributed by atoms with Gasteiger partial charge in [0.05, 0.1) is 10.0 Å². The lowest BCUT2D eigenvalue weighted by Crippen LogP contribution is -2.03. The van der Waals surface area contributed by atoms with Crippen LogP contribution in [-0.2, 0) is 0 Å². The second-order valence-corrected chi connectivity index (χ2v) is 5.99. The first kappa shape index (κ1) is 15.7. The Morgan fingerprint density at radius 3 is 2.43 bits per heavy atom. The summed E-state index contributed by atoms with van der Waals surface area (Å²) in [6.45, 7) is 0. The fraction of sp³-hybridized carbons (Fsp3) is 0. The van der Waals surface area contributed by atoms with Crippen LogP contribution in [0.1, 0.15) is 15.9 Å². The number of aromatic hydroxyl groups is 1. The van der Waals surface area contributed by atoms with Crippen molar-refractivity contribution in [3.63, 3.8) is 0 Å². The van der Waals surface area contributed by atoms with E-state index < -0.39 is 17.0 Å². The van der Waals surface area contributed by atoms with Gasteiger partial charge in [-0.15, -0.1) is 0 Å². The summed E-state index contributed by atoms with van der Waals surface area (Å²) in [5, 5.41) is 9.91. The van der Waals surface area contributed by atoms with Crippen LogP contribution in [0.25, 0.3) is 6.08 Å². The van der Waals surface area contributed by atoms with E-state index in [0.717, 1.165) is 5.56 Å². The molecule has 21 heavy (non-hydrogen) atoms. The van der Waals surface area contributed by atoms with Crippen LogP contribution in [0.2, 0.25) is 0 Å². The standard InChI is InChI=1S/C16H10Br2O3/c17-11-8-12(15(20)16(21)13(18)9-11)14(19)7-6-10-4-2-1-3-5-10/h1-9H,(H,20,21)/b7-6+. The molecule has 0 aliphatic rings. The molecule has 0 unspecified atom stereocenters. The fourth-order valence-electron chi connectivity index (χ4n) is 1.68. The van der Waals surface area contributed by atoms with Gasteiger partial charge in [-0.3, -0.25) is 9.59 Å². The minimum Gasteiger partial charge on any atom is -0.504 e. The van der Waals surface area contributed by atoms with Gasteiger partial charge in [-0.1, -0.05) is 52.3 Å². The summed E-state index contributed by atoms with van der Waals surface area (Å²) >= 11 is 6.27. The van der Waals surface area contributed by atoms with Crippen molar-refractivity contribution in [2.24, 2.45) is 0 Å². The molecule has 2 aromatic rings. The lowest BCUT2D eigenvalue weighted by atomic mass is 10.1. The fourth-order valence-corrected chi connectivity index (χ4v) is 2.88. The summed E-state index contributed by atoms with van der Waals surface area (Å²) in [4.78, 5) is 24.0. The van der Waals surface area contributed by atoms with Gasteiger partial charge < -0.3 is 5.11 Å². The molecule has 0 spiro atoms. The van der Waals surface area contributed by atoms with Crippen LogP contribution < -0.4 is 5.43 Å². The Kier molecular flexibility index (Phi) is 5.09. The van der Waals surface area contributed by atoms with E-state index in [1.165, 1.54) is 18.2 Å². The third kappa shape index (κ3) is 3.89. The highest BCUT2D eigenvalue weighted by molar-refractivity contribution is 9.11. The molecule has 0 atom stereocenters. The van der Waals surface area contributed by atoms with Gasteiger partial charge in [0.25, 0.3) is 0 Å². The van der Waals surface area contributed by atoms with Gasteiger partial charge in [0.1, 0.15) is 0 Å². The monoisotopic (exact) mass is 408 g/mol. The third-order valence-electron chi connectivity index (χ3n) is 2.73. The lowest BCUT2D eigenvalue weighted by Gasteiger charge is -1.96. The maximum atomic E-state index is 12.2. The van der Waals surface area contributed by atoms with Crippen LogP contribution in [0.3, 0.4) is 0 Å². The van der Waals surface area contributed by atoms with Crippen LogP contribution in [0.5, 0.6) is 5.75 Å². The molecule has 2 rings (SSSR count). The van der Waals surface area contributed by atoms with Gasteiger partial charge in [-0.25, -0.2) is 0 Å². The molecule has 0 saturated heterocycles. The number of benzene rings is 1. The average molecular weight is 410 g/mol. The van der Waals surface area contributed by atoms with Crippen LogP contribution in [-0.4, -0.2) is 10.9 Å². The highest BCUT2D eigenvalue weighted by Crippen LogP contribution is 2.21. The van der Waals surface area contributed by atoms with Crippen molar-refractivity contribution in [1.29, 1.82) is 0 Å². The van der Waals surface area contributed by atoms with Crippen molar-refractivity contribution in [1.82, 2.24) is 0 Å². The Bertz CT molecular complexity index is 768. The normalized spacial score (nSPS) is 10.8. The van der Waals surface area contributed by atoms with Crippen molar-refractivity contribution in [2.75, 3.05) is 0 Å². The highest BCUT2D eigenvalue weighted by atomic mass is 79.9. The lowest BCUT2D eigenvalue weighted by molar-refractivity contribution is 0.104. The molecule has 2 aromatic carbocycles. The molecule has 0 saturated carbocycles. The van der Waals surface area contributed by atoms with Gasteiger partial charge in [0.15, 0.2) is 11.5 Å². The first-order valence-corrected chi connectivity index (χ1v) is 7.57. The molecule has 106 valence electrons. The largest absolute Gasteiger partial charge is 0.504 e. The predicted molar refractivity (Wildman–Crippen MR) is 89.6 cm³/mol. The second kappa shape index (κ2) is 6.83. The van der Waals surface area contributed by atoms with Crippen molar-refractivity contribution in [2.45, 2.75) is 0 Å². The summed E-state index contributed by atoms with van der Waals surface area (Å²) in [7, 11) is 0. The predicted octanol–water partition coefficient (Wildman–Crippen LogP) is 4.17. The molecule has 0 radical (unpaired) electrons. The molecule has 0 aliphatic carbocycles. The van der Waals surface area contributed by atoms with Crippen LogP contribution in [0, 0.1) is 0 Å². The Hall–Kier alpha value is -1.72. The van der Waals surface area contributed by atoms with Crippen molar-refractivity contribution >= 4 is 43.7 Å². The average Bonchev–Trinajstić information content (AvgIpc) is 2.58. The minimum absolute atomic E-state index is 0.0512. The molecule has 0 bridgehead atoms. The summed E-state index contributed by atoms with van der Waals surface area (Å²) < 4.78 is 0.696. The quantitative estimate of drug-likeness (QED) is 0.611. The summed E-state index contributed by atoms with van der Waals surface area (Å²) in [5.74, 6) is -1.02. The molecule has 0 amide bonds. The molecule has 5 heteroatoms. The number of hydrogen-bond acceptors (Lipinski definition) is 3. The summed E-state index contributed by atoms with van der Waals surface area (Å²) in [5.41, 5.74) is 0.176. The Balaban J connectivity index is 2.43. The van der Waals surface area contributed by atoms with Gasteiger partial charge in [-0.2, -0.15) is 0 Å². The van der Waals surface area contributed by atoms with Crippen molar-refractivity contribution < 1.29 is 9.90 Å². The number of carbonyl (C=O) groups is 1. The second-order valence-electron chi connectivity index (χ2n) is 4.22. The van der Waals surface area contributed by atoms with E-state index in [-0.39, 0.29) is 10.0 Å². The van der Waals surface area contributed by atoms with E-state index >= 15 is 0 Å². The zero-order valence-corrected chi connectivity index (χ0v) is 13.9. The van der Waals surface area contributed by atoms with Gasteiger partial charge in [0, 0.05) is 4.47 Å². The first-order chi connectivity index (χ1) is 9.99. The topological polar surface area (TPSA) is 54.4 Å². The van der Waals surface area contributed by atoms with Crippen LogP contribution in [0.4, 0.5) is 0 Å². The Morgan fingerprint density at radius 1 is 1.10 bits per heavy atom. The van der Waals surface area contributed by atoms with Crippen molar-refractivity contribution in [3.05, 3.63) is 78.8 Å². The number of ketones is 1. The molecule has 0 aliphatic heterocycles. The minimum atomic E-state index is -0.628. The number of allylic oxidation sites excluding steroid dienone is 1. The van der Waals surface area contributed by atoms with E-state index in [0.29, 0.717) is 4.47 Å². The summed E-state index contributed by atoms with van der Waals surface area (Å²) in [6, 6.07) is 12.2. The molecule has 0 fully saturated rings. The van der Waals surface area contributed by atoms with E-state index in [2.05, 4.69) is 31.9 Å². The molecule has 1 N–H and O–H groups in total. The smallest absolute Gasteiger partial charge is 0.235 e. The zero-order valence-electron chi connectivity index (χ0n) is 10.7. The van der Waals surface area contributed by atoms with E-state index in [1.54, 1.807) is 6.08 Å². The SMILES string of the molecule is O=C(/C=C/c1ccccc1)c1cc(Br)cc(Br)c(=O)c1O. The molecular weight excluding hydrogens is 400 g/mol. The van der Waals surface area contributed by atoms with Crippen LogP contribution in [0.15, 0.2) is 62.3 Å². The number of rotatable bonds is 3. The van der Waals surface area contributed by atoms with Crippen LogP contribution >= 0.6 is 31.9 Å². The number of carbonyl (C=O) groups excluding carboxylic acids is 1. The Morgan fingerprint density at radius 2 is 1.76 bits per heavy atom. The maximum Gasteiger partial charge on any atom is 0.235 e. The first-order valence-electron chi connectivity index (χ1n) is 5.99. The molecule has 0 heterocycles. The third-order valence-corrected chi connectivity index (χ3v) is 3.77. The van der Waals surface area contributed by atoms with Gasteiger partial charge >= 0.3 is 0 Å². The summed E-state index contributed by atoms with van der Waals surface area (Å²) in [6.07, 6.45) is 2.95. The molecule has 3 nitrogen and oxygen atoms in total. The molecule has 0 aromatic heterocycles. The van der Waals surface area contributed by atoms with E-state index in [9.17, 15) is 14.7 Å². The van der Waals surface area contributed by atoms with Gasteiger partial charge in [0.2, 0.25) is 5.43 Å². The van der Waals surface area contributed by atoms with Crippen molar-refractivity contribution in [3.8, 4) is 5.75 Å². The van der Waals surface area contributed by atoms with E-state index in [4.69, 9.17) is 0 Å². The number of hydrogen-bond donors (Lipinski definition) is 1. The van der Waals surface area contributed by atoms with E-state index in [1.807, 2.05) is 30.3 Å². The maximum absolute atomic E-state index is 12.2. The van der Waals surface area contributed by atoms with Gasteiger partial charge in [-0.05, 0) is 39.7 Å². The molecular formula is C16H10Br2O3.